The molecule has 1 fully saturated rings. The normalized spacial score (nSPS) is 14.4. The lowest BCUT2D eigenvalue weighted by Gasteiger charge is -2.32. The summed E-state index contributed by atoms with van der Waals surface area (Å²) in [5.41, 5.74) is 1.38. The highest BCUT2D eigenvalue weighted by Gasteiger charge is 2.21. The number of piperazine rings is 1. The van der Waals surface area contributed by atoms with Crippen molar-refractivity contribution in [3.63, 3.8) is 0 Å². The summed E-state index contributed by atoms with van der Waals surface area (Å²) in [4.78, 5) is 29.0. The molecule has 0 bridgehead atoms. The van der Waals surface area contributed by atoms with Crippen molar-refractivity contribution in [2.75, 3.05) is 38.5 Å². The van der Waals surface area contributed by atoms with Crippen LogP contribution in [0.3, 0.4) is 0 Å². The Morgan fingerprint density at radius 1 is 0.966 bits per heavy atom. The first-order valence-corrected chi connectivity index (χ1v) is 10.1. The number of amides is 2. The summed E-state index contributed by atoms with van der Waals surface area (Å²) in [5.74, 6) is -0.436. The molecule has 2 amide bonds. The fraction of sp³-hybridized carbons (Fsp3) is 0.250. The number of hydrogen-bond acceptors (Lipinski definition) is 4. The summed E-state index contributed by atoms with van der Waals surface area (Å²) in [6.07, 6.45) is 0. The zero-order valence-electron chi connectivity index (χ0n) is 15.7. The average molecular weight is 451 g/mol. The third-order valence-corrected chi connectivity index (χ3v) is 5.37. The van der Waals surface area contributed by atoms with Gasteiger partial charge in [0.05, 0.1) is 10.7 Å². The number of thiocarbonyl (C=S) groups is 1. The molecule has 1 saturated heterocycles. The maximum atomic E-state index is 12.8. The van der Waals surface area contributed by atoms with Crippen LogP contribution in [0.15, 0.2) is 42.5 Å². The molecule has 2 N–H and O–H groups in total. The smallest absolute Gasteiger partial charge is 0.257 e. The van der Waals surface area contributed by atoms with Gasteiger partial charge >= 0.3 is 0 Å². The maximum Gasteiger partial charge on any atom is 0.257 e. The molecule has 1 heterocycles. The van der Waals surface area contributed by atoms with E-state index in [-0.39, 0.29) is 16.9 Å². The van der Waals surface area contributed by atoms with Gasteiger partial charge in [0.1, 0.15) is 0 Å². The summed E-state index contributed by atoms with van der Waals surface area (Å²) in [7, 11) is 2.03. The largest absolute Gasteiger partial charge is 0.336 e. The minimum Gasteiger partial charge on any atom is -0.336 e. The Balaban J connectivity index is 1.66. The van der Waals surface area contributed by atoms with Gasteiger partial charge in [-0.15, -0.1) is 0 Å². The first kappa shape index (κ1) is 21.5. The lowest BCUT2D eigenvalue weighted by molar-refractivity contribution is 0.0664. The second-order valence-electron chi connectivity index (χ2n) is 6.71. The van der Waals surface area contributed by atoms with Gasteiger partial charge in [-0.3, -0.25) is 14.9 Å². The van der Waals surface area contributed by atoms with Crippen molar-refractivity contribution in [1.29, 1.82) is 0 Å². The molecule has 0 atom stereocenters. The summed E-state index contributed by atoms with van der Waals surface area (Å²) < 4.78 is 0. The molecule has 0 aliphatic carbocycles. The molecule has 29 heavy (non-hydrogen) atoms. The third-order valence-electron chi connectivity index (χ3n) is 4.59. The van der Waals surface area contributed by atoms with E-state index in [9.17, 15) is 9.59 Å². The minimum absolute atomic E-state index is 0.0612. The number of nitrogens with one attached hydrogen (secondary N) is 2. The molecule has 1 aliphatic rings. The fourth-order valence-corrected chi connectivity index (χ4v) is 3.37. The zero-order valence-corrected chi connectivity index (χ0v) is 18.1. The Hall–Kier alpha value is -2.19. The molecule has 0 spiro atoms. The third kappa shape index (κ3) is 5.67. The maximum absolute atomic E-state index is 12.8. The number of hydrogen-bond donors (Lipinski definition) is 2. The number of likely N-dealkylation sites (N-methyl/N-ethyl adjacent to an activating group) is 1. The SMILES string of the molecule is CN1CCN(C(=O)c2ccc(Cl)c(NC(=S)NC(=O)c3ccc(Cl)cc3)c2)CC1. The van der Waals surface area contributed by atoms with Gasteiger partial charge in [-0.05, 0) is 61.7 Å². The van der Waals surface area contributed by atoms with E-state index in [1.54, 1.807) is 42.5 Å². The molecule has 152 valence electrons. The standard InChI is InChI=1S/C20H20Cl2N4O2S/c1-25-8-10-26(11-9-25)19(28)14-4-7-16(22)17(12-14)23-20(29)24-18(27)13-2-5-15(21)6-3-13/h2-7,12H,8-11H2,1H3,(H2,23,24,27,29). The van der Waals surface area contributed by atoms with E-state index < -0.39 is 0 Å². The van der Waals surface area contributed by atoms with Crippen molar-refractivity contribution in [3.8, 4) is 0 Å². The predicted molar refractivity (Wildman–Crippen MR) is 120 cm³/mol. The summed E-state index contributed by atoms with van der Waals surface area (Å²) >= 11 is 17.3. The molecule has 0 radical (unpaired) electrons. The number of anilines is 1. The van der Waals surface area contributed by atoms with Gasteiger partial charge in [0.25, 0.3) is 11.8 Å². The van der Waals surface area contributed by atoms with E-state index in [1.807, 2.05) is 11.9 Å². The number of nitrogens with zero attached hydrogens (tertiary/aromatic N) is 2. The van der Waals surface area contributed by atoms with Crippen LogP contribution in [-0.2, 0) is 0 Å². The second kappa shape index (κ2) is 9.54. The Morgan fingerprint density at radius 2 is 1.59 bits per heavy atom. The van der Waals surface area contributed by atoms with Crippen LogP contribution in [0.2, 0.25) is 10.0 Å². The molecule has 1 aliphatic heterocycles. The Bertz CT molecular complexity index is 929. The number of benzene rings is 2. The van der Waals surface area contributed by atoms with Crippen LogP contribution < -0.4 is 10.6 Å². The summed E-state index contributed by atoms with van der Waals surface area (Å²) in [5, 5.41) is 6.49. The molecule has 2 aromatic carbocycles. The highest BCUT2D eigenvalue weighted by atomic mass is 35.5. The van der Waals surface area contributed by atoms with E-state index in [2.05, 4.69) is 15.5 Å². The average Bonchev–Trinajstić information content (AvgIpc) is 2.70. The molecule has 0 aromatic heterocycles. The Labute approximate surface area is 184 Å². The number of carbonyl (C=O) groups is 2. The van der Waals surface area contributed by atoms with Crippen molar-refractivity contribution >= 4 is 58.0 Å². The first-order valence-electron chi connectivity index (χ1n) is 8.99. The molecular weight excluding hydrogens is 431 g/mol. The van der Waals surface area contributed by atoms with E-state index in [0.29, 0.717) is 39.9 Å². The molecular formula is C20H20Cl2N4O2S. The van der Waals surface area contributed by atoms with Crippen LogP contribution in [0.1, 0.15) is 20.7 Å². The highest BCUT2D eigenvalue weighted by molar-refractivity contribution is 7.80. The number of halogens is 2. The van der Waals surface area contributed by atoms with Crippen molar-refractivity contribution < 1.29 is 9.59 Å². The van der Waals surface area contributed by atoms with Crippen LogP contribution in [-0.4, -0.2) is 60.0 Å². The monoisotopic (exact) mass is 450 g/mol. The first-order chi connectivity index (χ1) is 13.8. The van der Waals surface area contributed by atoms with Crippen molar-refractivity contribution in [2.45, 2.75) is 0 Å². The van der Waals surface area contributed by atoms with E-state index in [4.69, 9.17) is 35.4 Å². The quantitative estimate of drug-likeness (QED) is 0.700. The van der Waals surface area contributed by atoms with Crippen LogP contribution in [0.4, 0.5) is 5.69 Å². The van der Waals surface area contributed by atoms with Crippen LogP contribution in [0.25, 0.3) is 0 Å². The Morgan fingerprint density at radius 3 is 2.24 bits per heavy atom. The fourth-order valence-electron chi connectivity index (χ4n) is 2.88. The van der Waals surface area contributed by atoms with E-state index in [1.165, 1.54) is 0 Å². The second-order valence-corrected chi connectivity index (χ2v) is 7.96. The van der Waals surface area contributed by atoms with Gasteiger partial charge in [0.15, 0.2) is 5.11 Å². The van der Waals surface area contributed by atoms with Gasteiger partial charge in [0.2, 0.25) is 0 Å². The lowest BCUT2D eigenvalue weighted by Crippen LogP contribution is -2.47. The molecule has 9 heteroatoms. The zero-order chi connectivity index (χ0) is 21.0. The van der Waals surface area contributed by atoms with E-state index in [0.717, 1.165) is 13.1 Å². The molecule has 0 unspecified atom stereocenters. The van der Waals surface area contributed by atoms with Gasteiger partial charge in [-0.2, -0.15) is 0 Å². The lowest BCUT2D eigenvalue weighted by atomic mass is 10.1. The number of carbonyl (C=O) groups excluding carboxylic acids is 2. The van der Waals surface area contributed by atoms with Crippen molar-refractivity contribution in [2.24, 2.45) is 0 Å². The predicted octanol–water partition coefficient (Wildman–Crippen LogP) is 3.51. The van der Waals surface area contributed by atoms with E-state index >= 15 is 0 Å². The number of rotatable bonds is 3. The topological polar surface area (TPSA) is 64.7 Å². The molecule has 6 nitrogen and oxygen atoms in total. The molecule has 0 saturated carbocycles. The van der Waals surface area contributed by atoms with Crippen LogP contribution in [0, 0.1) is 0 Å². The van der Waals surface area contributed by atoms with Gasteiger partial charge in [-0.1, -0.05) is 23.2 Å². The highest BCUT2D eigenvalue weighted by Crippen LogP contribution is 2.24. The van der Waals surface area contributed by atoms with Crippen molar-refractivity contribution in [1.82, 2.24) is 15.1 Å². The van der Waals surface area contributed by atoms with Gasteiger partial charge in [0, 0.05) is 42.3 Å². The Kier molecular flexibility index (Phi) is 7.08. The van der Waals surface area contributed by atoms with Crippen LogP contribution >= 0.6 is 35.4 Å². The van der Waals surface area contributed by atoms with Crippen LogP contribution in [0.5, 0.6) is 0 Å². The van der Waals surface area contributed by atoms with Gasteiger partial charge in [-0.25, -0.2) is 0 Å². The summed E-state index contributed by atoms with van der Waals surface area (Å²) in [6, 6.07) is 11.4. The van der Waals surface area contributed by atoms with Gasteiger partial charge < -0.3 is 15.1 Å². The summed E-state index contributed by atoms with van der Waals surface area (Å²) in [6.45, 7) is 3.03. The van der Waals surface area contributed by atoms with Crippen molar-refractivity contribution in [3.05, 3.63) is 63.6 Å². The minimum atomic E-state index is -0.375. The molecule has 2 aromatic rings. The molecule has 3 rings (SSSR count).